The number of pyridine rings is 1. The summed E-state index contributed by atoms with van der Waals surface area (Å²) in [4.78, 5) is 17.8. The van der Waals surface area contributed by atoms with Gasteiger partial charge in [0.25, 0.3) is 0 Å². The summed E-state index contributed by atoms with van der Waals surface area (Å²) in [6.45, 7) is 5.75. The molecule has 0 aliphatic carbocycles. The van der Waals surface area contributed by atoms with Crippen molar-refractivity contribution in [3.05, 3.63) is 52.7 Å². The molecule has 142 valence electrons. The van der Waals surface area contributed by atoms with Crippen LogP contribution in [0.15, 0.2) is 37.1 Å². The molecule has 3 saturated heterocycles. The van der Waals surface area contributed by atoms with E-state index in [1.54, 1.807) is 24.4 Å². The first-order valence-corrected chi connectivity index (χ1v) is 9.19. The van der Waals surface area contributed by atoms with Gasteiger partial charge in [-0.1, -0.05) is 6.08 Å². The predicted octanol–water partition coefficient (Wildman–Crippen LogP) is 3.08. The van der Waals surface area contributed by atoms with Crippen molar-refractivity contribution in [2.75, 3.05) is 20.2 Å². The molecule has 1 N–H and O–H groups in total. The van der Waals surface area contributed by atoms with Gasteiger partial charge in [0.1, 0.15) is 0 Å². The predicted molar refractivity (Wildman–Crippen MR) is 102 cm³/mol. The quantitative estimate of drug-likeness (QED) is 0.495. The second-order valence-corrected chi connectivity index (χ2v) is 7.36. The fraction of sp³-hybridized carbons (Fsp3) is 0.450. The van der Waals surface area contributed by atoms with E-state index in [-0.39, 0.29) is 17.5 Å². The smallest absolute Gasteiger partial charge is 0.320 e. The topological polar surface area (TPSA) is 88.7 Å². The van der Waals surface area contributed by atoms with Crippen LogP contribution >= 0.6 is 0 Å². The van der Waals surface area contributed by atoms with Gasteiger partial charge in [-0.05, 0) is 49.4 Å². The number of aliphatic hydroxyl groups is 1. The first kappa shape index (κ1) is 17.9. The maximum atomic E-state index is 11.7. The van der Waals surface area contributed by atoms with E-state index >= 15 is 0 Å². The lowest BCUT2D eigenvalue weighted by Crippen LogP contribution is -2.54. The van der Waals surface area contributed by atoms with Crippen molar-refractivity contribution in [2.24, 2.45) is 11.8 Å². The SMILES string of the molecule is C=C[C@@H]1CN2CC[C@H]1C[C@H]2[C@@H](O)c1ccnc2ccc(OC)c([N+](=O)[O-])c12. The maximum Gasteiger partial charge on any atom is 0.320 e. The number of rotatable bonds is 5. The second-order valence-electron chi connectivity index (χ2n) is 7.36. The second kappa shape index (κ2) is 6.90. The van der Waals surface area contributed by atoms with Crippen molar-refractivity contribution >= 4 is 16.6 Å². The first-order valence-electron chi connectivity index (χ1n) is 9.19. The highest BCUT2D eigenvalue weighted by Crippen LogP contribution is 2.44. The van der Waals surface area contributed by atoms with E-state index in [9.17, 15) is 15.2 Å². The van der Waals surface area contributed by atoms with Gasteiger partial charge in [0.2, 0.25) is 0 Å². The Morgan fingerprint density at radius 3 is 2.93 bits per heavy atom. The van der Waals surface area contributed by atoms with Crippen molar-refractivity contribution in [3.8, 4) is 5.75 Å². The number of nitro benzene ring substituents is 1. The van der Waals surface area contributed by atoms with Gasteiger partial charge in [0.15, 0.2) is 5.75 Å². The van der Waals surface area contributed by atoms with E-state index in [0.29, 0.717) is 28.3 Å². The fourth-order valence-electron chi connectivity index (χ4n) is 4.74. The number of methoxy groups -OCH3 is 1. The number of aliphatic hydroxyl groups excluding tert-OH is 1. The summed E-state index contributed by atoms with van der Waals surface area (Å²) < 4.78 is 5.20. The van der Waals surface area contributed by atoms with Crippen LogP contribution in [0.25, 0.3) is 10.9 Å². The zero-order valence-corrected chi connectivity index (χ0v) is 15.2. The Balaban J connectivity index is 1.80. The molecule has 4 heterocycles. The molecule has 3 aliphatic rings. The van der Waals surface area contributed by atoms with Crippen LogP contribution in [0.1, 0.15) is 24.5 Å². The average molecular weight is 369 g/mol. The number of hydrogen-bond donors (Lipinski definition) is 1. The van der Waals surface area contributed by atoms with Crippen molar-refractivity contribution in [1.82, 2.24) is 9.88 Å². The van der Waals surface area contributed by atoms with Crippen LogP contribution in [0.4, 0.5) is 5.69 Å². The lowest BCUT2D eigenvalue weighted by Gasteiger charge is -2.50. The number of aromatic nitrogens is 1. The molecule has 5 rings (SSSR count). The van der Waals surface area contributed by atoms with Crippen LogP contribution in [0.3, 0.4) is 0 Å². The Kier molecular flexibility index (Phi) is 4.57. The van der Waals surface area contributed by atoms with E-state index < -0.39 is 11.0 Å². The molecule has 5 atom stereocenters. The van der Waals surface area contributed by atoms with Gasteiger partial charge in [-0.25, -0.2) is 0 Å². The van der Waals surface area contributed by atoms with Gasteiger partial charge in [-0.15, -0.1) is 6.58 Å². The highest BCUT2D eigenvalue weighted by Gasteiger charge is 2.42. The van der Waals surface area contributed by atoms with Crippen LogP contribution in [0.2, 0.25) is 0 Å². The summed E-state index contributed by atoms with van der Waals surface area (Å²) in [7, 11) is 1.40. The molecule has 1 unspecified atom stereocenters. The molecule has 3 aliphatic heterocycles. The van der Waals surface area contributed by atoms with Gasteiger partial charge < -0.3 is 9.84 Å². The molecule has 7 heteroatoms. The van der Waals surface area contributed by atoms with Crippen LogP contribution in [-0.4, -0.2) is 46.2 Å². The fourth-order valence-corrected chi connectivity index (χ4v) is 4.74. The molecule has 27 heavy (non-hydrogen) atoms. The monoisotopic (exact) mass is 369 g/mol. The largest absolute Gasteiger partial charge is 0.490 e. The van der Waals surface area contributed by atoms with Gasteiger partial charge >= 0.3 is 5.69 Å². The standard InChI is InChI=1S/C20H23N3O4/c1-3-12-11-22-9-7-13(12)10-16(22)20(24)14-6-8-21-15-4-5-17(27-2)19(18(14)15)23(25)26/h3-6,8,12-13,16,20,24H,1,7,9-11H2,2H3/t12-,13+,16+,20+/m1/s1. The number of piperidine rings is 3. The molecule has 1 aromatic heterocycles. The van der Waals surface area contributed by atoms with E-state index in [4.69, 9.17) is 4.74 Å². The van der Waals surface area contributed by atoms with Crippen LogP contribution in [0.5, 0.6) is 5.75 Å². The Morgan fingerprint density at radius 1 is 1.48 bits per heavy atom. The molecule has 7 nitrogen and oxygen atoms in total. The zero-order valence-electron chi connectivity index (χ0n) is 15.2. The van der Waals surface area contributed by atoms with Crippen molar-refractivity contribution in [3.63, 3.8) is 0 Å². The van der Waals surface area contributed by atoms with E-state index in [2.05, 4.69) is 16.5 Å². The summed E-state index contributed by atoms with van der Waals surface area (Å²) in [6.07, 6.45) is 4.75. The molecule has 0 spiro atoms. The minimum absolute atomic E-state index is 0.0589. The summed E-state index contributed by atoms with van der Waals surface area (Å²) in [6, 6.07) is 4.87. The third kappa shape index (κ3) is 2.87. The summed E-state index contributed by atoms with van der Waals surface area (Å²) >= 11 is 0. The normalized spacial score (nSPS) is 28.1. The maximum absolute atomic E-state index is 11.7. The Morgan fingerprint density at radius 2 is 2.30 bits per heavy atom. The summed E-state index contributed by atoms with van der Waals surface area (Å²) in [5.74, 6) is 1.13. The number of nitro groups is 1. The average Bonchev–Trinajstić information content (AvgIpc) is 2.71. The third-order valence-corrected chi connectivity index (χ3v) is 6.11. The van der Waals surface area contributed by atoms with Gasteiger partial charge in [0, 0.05) is 24.3 Å². The zero-order chi connectivity index (χ0) is 19.1. The van der Waals surface area contributed by atoms with E-state index in [0.717, 1.165) is 25.9 Å². The molecular weight excluding hydrogens is 346 g/mol. The highest BCUT2D eigenvalue weighted by atomic mass is 16.6. The minimum atomic E-state index is -0.824. The molecule has 3 fully saturated rings. The van der Waals surface area contributed by atoms with Crippen molar-refractivity contribution in [2.45, 2.75) is 25.0 Å². The lowest BCUT2D eigenvalue weighted by molar-refractivity contribution is -0.384. The van der Waals surface area contributed by atoms with Gasteiger partial charge in [-0.2, -0.15) is 0 Å². The molecule has 2 aromatic rings. The lowest BCUT2D eigenvalue weighted by atomic mass is 9.73. The third-order valence-electron chi connectivity index (χ3n) is 6.11. The number of benzene rings is 1. The van der Waals surface area contributed by atoms with Crippen LogP contribution in [-0.2, 0) is 0 Å². The Bertz CT molecular complexity index is 900. The molecule has 1 aromatic carbocycles. The molecule has 0 radical (unpaired) electrons. The van der Waals surface area contributed by atoms with Crippen LogP contribution < -0.4 is 4.74 Å². The molecule has 2 bridgehead atoms. The molecular formula is C20H23N3O4. The van der Waals surface area contributed by atoms with Crippen LogP contribution in [0, 0.1) is 22.0 Å². The number of nitrogens with zero attached hydrogens (tertiary/aromatic N) is 3. The Labute approximate surface area is 157 Å². The number of hydrogen-bond acceptors (Lipinski definition) is 6. The number of ether oxygens (including phenoxy) is 1. The van der Waals surface area contributed by atoms with Crippen molar-refractivity contribution in [1.29, 1.82) is 0 Å². The summed E-state index contributed by atoms with van der Waals surface area (Å²) in [5.41, 5.74) is 0.884. The minimum Gasteiger partial charge on any atom is -0.490 e. The van der Waals surface area contributed by atoms with E-state index in [1.807, 2.05) is 6.08 Å². The molecule has 0 saturated carbocycles. The summed E-state index contributed by atoms with van der Waals surface area (Å²) in [5, 5.41) is 23.3. The van der Waals surface area contributed by atoms with E-state index in [1.165, 1.54) is 7.11 Å². The molecule has 0 amide bonds. The van der Waals surface area contributed by atoms with Gasteiger partial charge in [-0.3, -0.25) is 20.0 Å². The Hall–Kier alpha value is -2.51. The number of fused-ring (bicyclic) bond motifs is 4. The van der Waals surface area contributed by atoms with Gasteiger partial charge in [0.05, 0.1) is 29.0 Å². The first-order chi connectivity index (χ1) is 13.0. The highest BCUT2D eigenvalue weighted by molar-refractivity contribution is 5.94. The van der Waals surface area contributed by atoms with Crippen molar-refractivity contribution < 1.29 is 14.8 Å².